The Labute approximate surface area is 168 Å². The highest BCUT2D eigenvalue weighted by molar-refractivity contribution is 5.77. The van der Waals surface area contributed by atoms with E-state index in [1.54, 1.807) is 30.3 Å². The van der Waals surface area contributed by atoms with E-state index in [0.717, 1.165) is 11.3 Å². The normalized spacial score (nSPS) is 10.1. The maximum Gasteiger partial charge on any atom is 0.258 e. The zero-order chi connectivity index (χ0) is 20.5. The molecular weight excluding hydrogens is 368 g/mol. The van der Waals surface area contributed by atoms with Crippen LogP contribution in [0.2, 0.25) is 0 Å². The van der Waals surface area contributed by atoms with Crippen molar-refractivity contribution in [2.24, 2.45) is 0 Å². The molecule has 1 N–H and O–H groups in total. The van der Waals surface area contributed by atoms with Gasteiger partial charge in [0, 0.05) is 11.6 Å². The third kappa shape index (κ3) is 6.04. The Hall–Kier alpha value is -3.92. The number of ether oxygens (including phenoxy) is 2. The molecule has 0 bridgehead atoms. The van der Waals surface area contributed by atoms with E-state index in [-0.39, 0.29) is 19.1 Å². The summed E-state index contributed by atoms with van der Waals surface area (Å²) in [4.78, 5) is 11.8. The molecule has 0 aliphatic carbocycles. The molecule has 0 unspecified atom stereocenters. The van der Waals surface area contributed by atoms with Crippen LogP contribution in [0, 0.1) is 18.3 Å². The van der Waals surface area contributed by atoms with E-state index in [1.807, 2.05) is 43.3 Å². The number of rotatable bonds is 8. The van der Waals surface area contributed by atoms with Crippen molar-refractivity contribution in [3.05, 3.63) is 71.8 Å². The Kier molecular flexibility index (Phi) is 6.74. The van der Waals surface area contributed by atoms with Crippen molar-refractivity contribution >= 4 is 5.91 Å². The van der Waals surface area contributed by atoms with Gasteiger partial charge in [0.2, 0.25) is 5.88 Å². The summed E-state index contributed by atoms with van der Waals surface area (Å²) in [6, 6.07) is 20.2. The first-order chi connectivity index (χ1) is 14.1. The van der Waals surface area contributed by atoms with Crippen molar-refractivity contribution in [1.29, 1.82) is 5.26 Å². The number of nitriles is 1. The molecule has 7 heteroatoms. The molecule has 0 saturated carbocycles. The van der Waals surface area contributed by atoms with Gasteiger partial charge in [-0.1, -0.05) is 29.8 Å². The van der Waals surface area contributed by atoms with Gasteiger partial charge in [-0.05, 0) is 37.3 Å². The predicted molar refractivity (Wildman–Crippen MR) is 107 cm³/mol. The number of nitrogens with one attached hydrogen (secondary N) is 1. The van der Waals surface area contributed by atoms with Gasteiger partial charge < -0.3 is 14.8 Å². The van der Waals surface area contributed by atoms with E-state index in [2.05, 4.69) is 15.5 Å². The number of amides is 1. The number of hydrogen-bond donors (Lipinski definition) is 1. The highest BCUT2D eigenvalue weighted by atomic mass is 16.5. The SMILES string of the molecule is Cc1ccc(-c2ccc(OCCNC(=O)COc3ccc(C#N)cc3)nn2)cc1. The highest BCUT2D eigenvalue weighted by Crippen LogP contribution is 2.18. The number of aryl methyl sites for hydroxylation is 1. The van der Waals surface area contributed by atoms with E-state index >= 15 is 0 Å². The molecule has 0 radical (unpaired) electrons. The molecule has 0 saturated heterocycles. The molecule has 7 nitrogen and oxygen atoms in total. The molecule has 3 aromatic rings. The topological polar surface area (TPSA) is 97.1 Å². The number of hydrogen-bond acceptors (Lipinski definition) is 6. The molecule has 0 aliphatic heterocycles. The van der Waals surface area contributed by atoms with Crippen LogP contribution < -0.4 is 14.8 Å². The van der Waals surface area contributed by atoms with Gasteiger partial charge in [-0.3, -0.25) is 4.79 Å². The monoisotopic (exact) mass is 388 g/mol. The number of carbonyl (C=O) groups excluding carboxylic acids is 1. The average molecular weight is 388 g/mol. The van der Waals surface area contributed by atoms with Crippen LogP contribution in [-0.2, 0) is 4.79 Å². The third-order valence-corrected chi connectivity index (χ3v) is 4.01. The van der Waals surface area contributed by atoms with Crippen LogP contribution in [0.3, 0.4) is 0 Å². The second kappa shape index (κ2) is 9.85. The molecule has 1 aromatic heterocycles. The van der Waals surface area contributed by atoms with Crippen molar-refractivity contribution in [3.63, 3.8) is 0 Å². The van der Waals surface area contributed by atoms with Gasteiger partial charge in [0.15, 0.2) is 6.61 Å². The molecule has 0 atom stereocenters. The summed E-state index contributed by atoms with van der Waals surface area (Å²) < 4.78 is 10.9. The fraction of sp³-hybridized carbons (Fsp3) is 0.182. The van der Waals surface area contributed by atoms with Gasteiger partial charge in [0.1, 0.15) is 12.4 Å². The minimum absolute atomic E-state index is 0.114. The molecule has 1 heterocycles. The quantitative estimate of drug-likeness (QED) is 0.596. The zero-order valence-corrected chi connectivity index (χ0v) is 16.0. The van der Waals surface area contributed by atoms with Crippen molar-refractivity contribution in [2.75, 3.05) is 19.8 Å². The van der Waals surface area contributed by atoms with Crippen LogP contribution >= 0.6 is 0 Å². The molecule has 1 amide bonds. The summed E-state index contributed by atoms with van der Waals surface area (Å²) in [6.07, 6.45) is 0. The lowest BCUT2D eigenvalue weighted by molar-refractivity contribution is -0.123. The first kappa shape index (κ1) is 19.8. The van der Waals surface area contributed by atoms with Crippen molar-refractivity contribution in [3.8, 4) is 29.0 Å². The lowest BCUT2D eigenvalue weighted by Crippen LogP contribution is -2.32. The van der Waals surface area contributed by atoms with Gasteiger partial charge in [0.05, 0.1) is 23.9 Å². The van der Waals surface area contributed by atoms with Gasteiger partial charge >= 0.3 is 0 Å². The van der Waals surface area contributed by atoms with Gasteiger partial charge in [-0.2, -0.15) is 5.26 Å². The Morgan fingerprint density at radius 1 is 1.00 bits per heavy atom. The average Bonchev–Trinajstić information content (AvgIpc) is 2.76. The maximum atomic E-state index is 11.8. The van der Waals surface area contributed by atoms with E-state index in [9.17, 15) is 4.79 Å². The van der Waals surface area contributed by atoms with E-state index in [0.29, 0.717) is 23.7 Å². The summed E-state index contributed by atoms with van der Waals surface area (Å²) in [7, 11) is 0. The standard InChI is InChI=1S/C22H20N4O3/c1-16-2-6-18(7-3-16)20-10-11-22(26-25-20)28-13-12-24-21(27)15-29-19-8-4-17(14-23)5-9-19/h2-11H,12-13,15H2,1H3,(H,24,27). The van der Waals surface area contributed by atoms with Crippen molar-refractivity contribution in [2.45, 2.75) is 6.92 Å². The van der Waals surface area contributed by atoms with E-state index in [1.165, 1.54) is 5.56 Å². The van der Waals surface area contributed by atoms with Crippen LogP contribution in [-0.4, -0.2) is 35.9 Å². The minimum atomic E-state index is -0.265. The Morgan fingerprint density at radius 2 is 1.76 bits per heavy atom. The molecule has 3 rings (SSSR count). The van der Waals surface area contributed by atoms with Crippen LogP contribution in [0.25, 0.3) is 11.3 Å². The fourth-order valence-electron chi connectivity index (χ4n) is 2.45. The van der Waals surface area contributed by atoms with Crippen molar-refractivity contribution < 1.29 is 14.3 Å². The van der Waals surface area contributed by atoms with Crippen LogP contribution in [0.5, 0.6) is 11.6 Å². The smallest absolute Gasteiger partial charge is 0.258 e. The number of benzene rings is 2. The van der Waals surface area contributed by atoms with Gasteiger partial charge in [-0.25, -0.2) is 0 Å². The Balaban J connectivity index is 1.36. The van der Waals surface area contributed by atoms with E-state index < -0.39 is 0 Å². The summed E-state index contributed by atoms with van der Waals surface area (Å²) in [6.45, 7) is 2.50. The minimum Gasteiger partial charge on any atom is -0.484 e. The number of aromatic nitrogens is 2. The molecule has 29 heavy (non-hydrogen) atoms. The predicted octanol–water partition coefficient (Wildman–Crippen LogP) is 2.90. The van der Waals surface area contributed by atoms with Gasteiger partial charge in [-0.15, -0.1) is 10.2 Å². The highest BCUT2D eigenvalue weighted by Gasteiger charge is 2.04. The van der Waals surface area contributed by atoms with Crippen molar-refractivity contribution in [1.82, 2.24) is 15.5 Å². The largest absolute Gasteiger partial charge is 0.484 e. The lowest BCUT2D eigenvalue weighted by atomic mass is 10.1. The fourth-order valence-corrected chi connectivity index (χ4v) is 2.45. The number of carbonyl (C=O) groups is 1. The second-order valence-electron chi connectivity index (χ2n) is 6.25. The first-order valence-electron chi connectivity index (χ1n) is 9.07. The molecule has 0 spiro atoms. The Bertz CT molecular complexity index is 979. The second-order valence-corrected chi connectivity index (χ2v) is 6.25. The summed E-state index contributed by atoms with van der Waals surface area (Å²) >= 11 is 0. The molecule has 0 aliphatic rings. The van der Waals surface area contributed by atoms with Crippen LogP contribution in [0.15, 0.2) is 60.7 Å². The van der Waals surface area contributed by atoms with Gasteiger partial charge in [0.25, 0.3) is 5.91 Å². The zero-order valence-electron chi connectivity index (χ0n) is 16.0. The molecule has 0 fully saturated rings. The lowest BCUT2D eigenvalue weighted by Gasteiger charge is -2.08. The Morgan fingerprint density at radius 3 is 2.41 bits per heavy atom. The summed E-state index contributed by atoms with van der Waals surface area (Å²) in [5.74, 6) is 0.655. The molecule has 146 valence electrons. The van der Waals surface area contributed by atoms with Crippen LogP contribution in [0.4, 0.5) is 0 Å². The number of nitrogens with zero attached hydrogens (tertiary/aromatic N) is 3. The summed E-state index contributed by atoms with van der Waals surface area (Å²) in [5.41, 5.74) is 3.48. The first-order valence-corrected chi connectivity index (χ1v) is 9.07. The third-order valence-electron chi connectivity index (χ3n) is 4.01. The maximum absolute atomic E-state index is 11.8. The van der Waals surface area contributed by atoms with Crippen LogP contribution in [0.1, 0.15) is 11.1 Å². The molecule has 2 aromatic carbocycles. The van der Waals surface area contributed by atoms with E-state index in [4.69, 9.17) is 14.7 Å². The summed E-state index contributed by atoms with van der Waals surface area (Å²) in [5, 5.41) is 19.7. The molecular formula is C22H20N4O3.